The maximum absolute atomic E-state index is 9.35. The van der Waals surface area contributed by atoms with Crippen LogP contribution in [0.5, 0.6) is 0 Å². The third kappa shape index (κ3) is 4.54. The smallest absolute Gasteiger partial charge is 0.225 e. The quantitative estimate of drug-likeness (QED) is 0.503. The molecule has 6 heteroatoms. The Hall–Kier alpha value is -4.24. The minimum absolute atomic E-state index is 0.493. The van der Waals surface area contributed by atoms with Gasteiger partial charge in [-0.25, -0.2) is 4.98 Å². The SMILES string of the molecule is N#Cc1ccccc1Nc1cc(-c2ccccc2)nc(NCc2cccnc2)n1. The number of rotatable bonds is 6. The summed E-state index contributed by atoms with van der Waals surface area (Å²) in [5.74, 6) is 1.10. The van der Waals surface area contributed by atoms with Crippen LogP contribution in [0.4, 0.5) is 17.5 Å². The molecule has 0 radical (unpaired) electrons. The topological polar surface area (TPSA) is 86.5 Å². The maximum atomic E-state index is 9.35. The van der Waals surface area contributed by atoms with Gasteiger partial charge in [-0.2, -0.15) is 10.2 Å². The Balaban J connectivity index is 1.67. The second-order valence-electron chi connectivity index (χ2n) is 6.33. The van der Waals surface area contributed by atoms with Gasteiger partial charge >= 0.3 is 0 Å². The highest BCUT2D eigenvalue weighted by molar-refractivity contribution is 5.69. The summed E-state index contributed by atoms with van der Waals surface area (Å²) in [5, 5.41) is 15.9. The minimum atomic E-state index is 0.493. The molecule has 2 N–H and O–H groups in total. The fourth-order valence-corrected chi connectivity index (χ4v) is 2.86. The molecule has 4 aromatic rings. The monoisotopic (exact) mass is 378 g/mol. The first-order valence-electron chi connectivity index (χ1n) is 9.15. The molecule has 6 nitrogen and oxygen atoms in total. The van der Waals surface area contributed by atoms with E-state index >= 15 is 0 Å². The van der Waals surface area contributed by atoms with Gasteiger partial charge in [0.25, 0.3) is 0 Å². The van der Waals surface area contributed by atoms with Crippen LogP contribution in [0, 0.1) is 11.3 Å². The molecule has 0 atom stereocenters. The van der Waals surface area contributed by atoms with E-state index in [0.29, 0.717) is 29.6 Å². The molecule has 29 heavy (non-hydrogen) atoms. The van der Waals surface area contributed by atoms with Gasteiger partial charge in [-0.3, -0.25) is 4.98 Å². The Labute approximate surface area is 168 Å². The van der Waals surface area contributed by atoms with Gasteiger partial charge in [-0.15, -0.1) is 0 Å². The zero-order chi connectivity index (χ0) is 19.9. The summed E-state index contributed by atoms with van der Waals surface area (Å²) in [6, 6.07) is 25.2. The number of para-hydroxylation sites is 1. The van der Waals surface area contributed by atoms with Crippen molar-refractivity contribution >= 4 is 17.5 Å². The van der Waals surface area contributed by atoms with Crippen molar-refractivity contribution in [3.63, 3.8) is 0 Å². The summed E-state index contributed by atoms with van der Waals surface area (Å²) in [7, 11) is 0. The molecule has 2 aromatic carbocycles. The van der Waals surface area contributed by atoms with E-state index in [4.69, 9.17) is 0 Å². The van der Waals surface area contributed by atoms with Gasteiger partial charge in [0, 0.05) is 30.6 Å². The fraction of sp³-hybridized carbons (Fsp3) is 0.0435. The van der Waals surface area contributed by atoms with Gasteiger partial charge in [0.2, 0.25) is 5.95 Å². The number of nitriles is 1. The van der Waals surface area contributed by atoms with Crippen LogP contribution in [0.3, 0.4) is 0 Å². The molecule has 0 fully saturated rings. The molecule has 0 saturated heterocycles. The lowest BCUT2D eigenvalue weighted by molar-refractivity contribution is 1.04. The van der Waals surface area contributed by atoms with E-state index in [0.717, 1.165) is 16.8 Å². The Bertz CT molecular complexity index is 1140. The van der Waals surface area contributed by atoms with Gasteiger partial charge in [-0.05, 0) is 23.8 Å². The molecule has 0 saturated carbocycles. The van der Waals surface area contributed by atoms with Crippen molar-refractivity contribution in [2.24, 2.45) is 0 Å². The molecule has 0 unspecified atom stereocenters. The van der Waals surface area contributed by atoms with E-state index in [1.807, 2.05) is 66.7 Å². The van der Waals surface area contributed by atoms with Crippen LogP contribution < -0.4 is 10.6 Å². The molecule has 0 aliphatic heterocycles. The largest absolute Gasteiger partial charge is 0.350 e. The van der Waals surface area contributed by atoms with Gasteiger partial charge < -0.3 is 10.6 Å². The van der Waals surface area contributed by atoms with Crippen molar-refractivity contribution in [1.82, 2.24) is 15.0 Å². The minimum Gasteiger partial charge on any atom is -0.350 e. The van der Waals surface area contributed by atoms with E-state index in [9.17, 15) is 5.26 Å². The molecule has 4 rings (SSSR count). The molecule has 2 heterocycles. The summed E-state index contributed by atoms with van der Waals surface area (Å²) in [6.45, 7) is 0.556. The average Bonchev–Trinajstić information content (AvgIpc) is 2.79. The maximum Gasteiger partial charge on any atom is 0.225 e. The third-order valence-corrected chi connectivity index (χ3v) is 4.28. The van der Waals surface area contributed by atoms with Crippen molar-refractivity contribution in [3.05, 3.63) is 96.3 Å². The molecule has 0 aliphatic carbocycles. The van der Waals surface area contributed by atoms with Crippen molar-refractivity contribution in [2.75, 3.05) is 10.6 Å². The van der Waals surface area contributed by atoms with Gasteiger partial charge in [-0.1, -0.05) is 48.5 Å². The highest BCUT2D eigenvalue weighted by Crippen LogP contribution is 2.25. The number of aromatic nitrogens is 3. The molecular weight excluding hydrogens is 360 g/mol. The number of anilines is 3. The summed E-state index contributed by atoms with van der Waals surface area (Å²) in [6.07, 6.45) is 3.54. The van der Waals surface area contributed by atoms with E-state index in [1.54, 1.807) is 18.5 Å². The average molecular weight is 378 g/mol. The zero-order valence-corrected chi connectivity index (χ0v) is 15.6. The first-order chi connectivity index (χ1) is 14.3. The molecule has 0 spiro atoms. The van der Waals surface area contributed by atoms with Crippen LogP contribution in [0.15, 0.2) is 85.2 Å². The number of benzene rings is 2. The number of hydrogen-bond acceptors (Lipinski definition) is 6. The predicted octanol–water partition coefficient (Wildman–Crippen LogP) is 4.77. The van der Waals surface area contributed by atoms with Crippen LogP contribution in [0.2, 0.25) is 0 Å². The highest BCUT2D eigenvalue weighted by Gasteiger charge is 2.09. The standard InChI is InChI=1S/C23H18N6/c24-14-19-10-4-5-11-20(19)27-22-13-21(18-8-2-1-3-9-18)28-23(29-22)26-16-17-7-6-12-25-15-17/h1-13,15H,16H2,(H2,26,27,28,29). The number of pyridine rings is 1. The molecule has 0 amide bonds. The van der Waals surface area contributed by atoms with Crippen molar-refractivity contribution < 1.29 is 0 Å². The van der Waals surface area contributed by atoms with Crippen LogP contribution >= 0.6 is 0 Å². The molecular formula is C23H18N6. The van der Waals surface area contributed by atoms with E-state index in [-0.39, 0.29) is 0 Å². The van der Waals surface area contributed by atoms with Crippen molar-refractivity contribution in [2.45, 2.75) is 6.54 Å². The number of nitrogens with zero attached hydrogens (tertiary/aromatic N) is 4. The molecule has 0 aliphatic rings. The Morgan fingerprint density at radius 2 is 1.72 bits per heavy atom. The van der Waals surface area contributed by atoms with Crippen LogP contribution in [-0.4, -0.2) is 15.0 Å². The lowest BCUT2D eigenvalue weighted by Crippen LogP contribution is -2.07. The first-order valence-corrected chi connectivity index (χ1v) is 9.15. The lowest BCUT2D eigenvalue weighted by Gasteiger charge is -2.12. The molecule has 140 valence electrons. The Morgan fingerprint density at radius 3 is 2.52 bits per heavy atom. The van der Waals surface area contributed by atoms with E-state index in [2.05, 4.69) is 31.7 Å². The Kier molecular flexibility index (Phi) is 5.40. The second kappa shape index (κ2) is 8.63. The van der Waals surface area contributed by atoms with Crippen molar-refractivity contribution in [1.29, 1.82) is 5.26 Å². The highest BCUT2D eigenvalue weighted by atomic mass is 15.1. The summed E-state index contributed by atoms with van der Waals surface area (Å²) < 4.78 is 0. The van der Waals surface area contributed by atoms with Crippen LogP contribution in [0.1, 0.15) is 11.1 Å². The second-order valence-corrected chi connectivity index (χ2v) is 6.33. The zero-order valence-electron chi connectivity index (χ0n) is 15.6. The van der Waals surface area contributed by atoms with E-state index in [1.165, 1.54) is 0 Å². The van der Waals surface area contributed by atoms with Gasteiger partial charge in [0.1, 0.15) is 11.9 Å². The summed E-state index contributed by atoms with van der Waals surface area (Å²) in [5.41, 5.74) is 4.05. The third-order valence-electron chi connectivity index (χ3n) is 4.28. The number of nitrogens with one attached hydrogen (secondary N) is 2. The van der Waals surface area contributed by atoms with Crippen LogP contribution in [-0.2, 0) is 6.54 Å². The summed E-state index contributed by atoms with van der Waals surface area (Å²) in [4.78, 5) is 13.4. The van der Waals surface area contributed by atoms with Gasteiger partial charge in [0.05, 0.1) is 16.9 Å². The van der Waals surface area contributed by atoms with E-state index < -0.39 is 0 Å². The lowest BCUT2D eigenvalue weighted by atomic mass is 10.1. The van der Waals surface area contributed by atoms with Gasteiger partial charge in [0.15, 0.2) is 0 Å². The fourth-order valence-electron chi connectivity index (χ4n) is 2.86. The predicted molar refractivity (Wildman–Crippen MR) is 113 cm³/mol. The molecule has 0 bridgehead atoms. The normalized spacial score (nSPS) is 10.2. The molecule has 2 aromatic heterocycles. The van der Waals surface area contributed by atoms with Crippen molar-refractivity contribution in [3.8, 4) is 17.3 Å². The Morgan fingerprint density at radius 1 is 0.897 bits per heavy atom. The first kappa shape index (κ1) is 18.1. The summed E-state index contributed by atoms with van der Waals surface area (Å²) >= 11 is 0. The van der Waals surface area contributed by atoms with Crippen LogP contribution in [0.25, 0.3) is 11.3 Å². The number of hydrogen-bond donors (Lipinski definition) is 2.